The molecule has 1 aromatic rings. The van der Waals surface area contributed by atoms with Gasteiger partial charge in [-0.2, -0.15) is 0 Å². The summed E-state index contributed by atoms with van der Waals surface area (Å²) < 4.78 is 5.07. The van der Waals surface area contributed by atoms with Crippen LogP contribution in [0.5, 0.6) is 5.75 Å². The minimum absolute atomic E-state index is 0.135. The molecular formula is C19H23N3O5. The Morgan fingerprint density at radius 1 is 1.15 bits per heavy atom. The number of amides is 3. The molecule has 2 aliphatic heterocycles. The molecule has 0 saturated carbocycles. The van der Waals surface area contributed by atoms with Gasteiger partial charge in [-0.15, -0.1) is 0 Å². The van der Waals surface area contributed by atoms with Crippen LogP contribution in [0.4, 0.5) is 10.5 Å². The molecule has 1 fully saturated rings. The summed E-state index contributed by atoms with van der Waals surface area (Å²) in [6.45, 7) is 0. The van der Waals surface area contributed by atoms with Gasteiger partial charge >= 0.3 is 12.0 Å². The van der Waals surface area contributed by atoms with Crippen LogP contribution in [0.3, 0.4) is 0 Å². The summed E-state index contributed by atoms with van der Waals surface area (Å²) in [4.78, 5) is 38.2. The molecule has 0 spiro atoms. The molecule has 3 N–H and O–H groups in total. The van der Waals surface area contributed by atoms with E-state index in [2.05, 4.69) is 10.6 Å². The van der Waals surface area contributed by atoms with Gasteiger partial charge in [0.25, 0.3) is 0 Å². The van der Waals surface area contributed by atoms with Crippen molar-refractivity contribution in [2.24, 2.45) is 0 Å². The van der Waals surface area contributed by atoms with Crippen molar-refractivity contribution in [3.8, 4) is 5.75 Å². The van der Waals surface area contributed by atoms with E-state index in [1.807, 2.05) is 12.2 Å². The standard InChI is InChI=1S/C19H23N3O5/c1-27-14-9-6-12(7-10-14)20-19(26)21-15-5-3-2-4-13-8-11-16(18(24)25)22(13)17(15)23/h2-3,6-7,9-10,13,15-16H,4-5,8,11H2,1H3,(H,24,25)(H2,20,21,26)/t13-,15+,16+/m1/s1. The third-order valence-corrected chi connectivity index (χ3v) is 4.94. The SMILES string of the molecule is COc1ccc(NC(=O)N[C@H]2CC=CC[C@@H]3CC[C@@H](C(=O)O)N3C2=O)cc1. The highest BCUT2D eigenvalue weighted by Crippen LogP contribution is 2.29. The van der Waals surface area contributed by atoms with Gasteiger partial charge in [-0.1, -0.05) is 12.2 Å². The molecule has 27 heavy (non-hydrogen) atoms. The molecule has 8 nitrogen and oxygen atoms in total. The van der Waals surface area contributed by atoms with Crippen molar-refractivity contribution in [1.82, 2.24) is 10.2 Å². The van der Waals surface area contributed by atoms with Crippen LogP contribution in [0.1, 0.15) is 25.7 Å². The Kier molecular flexibility index (Phi) is 5.63. The summed E-state index contributed by atoms with van der Waals surface area (Å²) in [5.41, 5.74) is 0.560. The van der Waals surface area contributed by atoms with Crippen molar-refractivity contribution in [2.45, 2.75) is 43.8 Å². The summed E-state index contributed by atoms with van der Waals surface area (Å²) in [7, 11) is 1.55. The number of hydrogen-bond donors (Lipinski definition) is 3. The van der Waals surface area contributed by atoms with E-state index in [0.29, 0.717) is 37.1 Å². The summed E-state index contributed by atoms with van der Waals surface area (Å²) in [5, 5.41) is 14.8. The molecule has 3 atom stereocenters. The molecule has 2 heterocycles. The molecular weight excluding hydrogens is 350 g/mol. The van der Waals surface area contributed by atoms with Crippen LogP contribution in [0.25, 0.3) is 0 Å². The number of nitrogens with zero attached hydrogens (tertiary/aromatic N) is 1. The van der Waals surface area contributed by atoms with Crippen molar-refractivity contribution >= 4 is 23.6 Å². The molecule has 144 valence electrons. The molecule has 3 rings (SSSR count). The Balaban J connectivity index is 1.69. The fourth-order valence-electron chi connectivity index (χ4n) is 3.58. The summed E-state index contributed by atoms with van der Waals surface area (Å²) in [5.74, 6) is -0.683. The molecule has 2 aliphatic rings. The van der Waals surface area contributed by atoms with Crippen LogP contribution < -0.4 is 15.4 Å². The lowest BCUT2D eigenvalue weighted by Gasteiger charge is -2.32. The van der Waals surface area contributed by atoms with E-state index in [9.17, 15) is 19.5 Å². The molecule has 0 bridgehead atoms. The number of rotatable bonds is 4. The van der Waals surface area contributed by atoms with E-state index in [1.165, 1.54) is 4.90 Å². The van der Waals surface area contributed by atoms with Gasteiger partial charge in [-0.3, -0.25) is 4.79 Å². The molecule has 0 radical (unpaired) electrons. The number of nitrogens with one attached hydrogen (secondary N) is 2. The van der Waals surface area contributed by atoms with Crippen LogP contribution in [-0.2, 0) is 9.59 Å². The monoisotopic (exact) mass is 373 g/mol. The smallest absolute Gasteiger partial charge is 0.326 e. The lowest BCUT2D eigenvalue weighted by molar-refractivity contribution is -0.150. The Hall–Kier alpha value is -3.03. The summed E-state index contributed by atoms with van der Waals surface area (Å²) >= 11 is 0. The predicted molar refractivity (Wildman–Crippen MR) is 98.6 cm³/mol. The van der Waals surface area contributed by atoms with E-state index in [-0.39, 0.29) is 11.9 Å². The van der Waals surface area contributed by atoms with Crippen LogP contribution in [-0.4, -0.2) is 53.1 Å². The van der Waals surface area contributed by atoms with Crippen molar-refractivity contribution < 1.29 is 24.2 Å². The molecule has 8 heteroatoms. The van der Waals surface area contributed by atoms with E-state index in [0.717, 1.165) is 0 Å². The molecule has 0 aliphatic carbocycles. The number of carbonyl (C=O) groups excluding carboxylic acids is 2. The highest BCUT2D eigenvalue weighted by molar-refractivity contribution is 5.95. The maximum Gasteiger partial charge on any atom is 0.326 e. The quantitative estimate of drug-likeness (QED) is 0.700. The van der Waals surface area contributed by atoms with Crippen molar-refractivity contribution in [3.05, 3.63) is 36.4 Å². The fourth-order valence-corrected chi connectivity index (χ4v) is 3.58. The highest BCUT2D eigenvalue weighted by Gasteiger charge is 2.43. The topological polar surface area (TPSA) is 108 Å². The van der Waals surface area contributed by atoms with E-state index >= 15 is 0 Å². The number of urea groups is 1. The number of fused-ring (bicyclic) bond motifs is 1. The van der Waals surface area contributed by atoms with Gasteiger partial charge in [0, 0.05) is 11.7 Å². The Labute approximate surface area is 157 Å². The molecule has 3 amide bonds. The van der Waals surface area contributed by atoms with Crippen molar-refractivity contribution in [1.29, 1.82) is 0 Å². The summed E-state index contributed by atoms with van der Waals surface area (Å²) in [6.07, 6.45) is 5.86. The summed E-state index contributed by atoms with van der Waals surface area (Å²) in [6, 6.07) is 4.52. The average molecular weight is 373 g/mol. The van der Waals surface area contributed by atoms with Crippen LogP contribution in [0.15, 0.2) is 36.4 Å². The number of aliphatic carboxylic acids is 1. The molecule has 1 saturated heterocycles. The van der Waals surface area contributed by atoms with Gasteiger partial charge in [0.15, 0.2) is 0 Å². The number of carbonyl (C=O) groups is 3. The highest BCUT2D eigenvalue weighted by atomic mass is 16.5. The zero-order chi connectivity index (χ0) is 19.4. The minimum Gasteiger partial charge on any atom is -0.497 e. The second-order valence-corrected chi connectivity index (χ2v) is 6.65. The Morgan fingerprint density at radius 3 is 2.52 bits per heavy atom. The van der Waals surface area contributed by atoms with Gasteiger partial charge in [-0.25, -0.2) is 9.59 Å². The van der Waals surface area contributed by atoms with E-state index in [4.69, 9.17) is 4.74 Å². The number of carboxylic acids is 1. The van der Waals surface area contributed by atoms with Gasteiger partial charge in [0.05, 0.1) is 7.11 Å². The number of anilines is 1. The van der Waals surface area contributed by atoms with E-state index < -0.39 is 24.1 Å². The third-order valence-electron chi connectivity index (χ3n) is 4.94. The molecule has 1 aromatic carbocycles. The Bertz CT molecular complexity index is 746. The number of hydrogen-bond acceptors (Lipinski definition) is 4. The van der Waals surface area contributed by atoms with Crippen molar-refractivity contribution in [2.75, 3.05) is 12.4 Å². The molecule has 0 unspecified atom stereocenters. The van der Waals surface area contributed by atoms with Crippen molar-refractivity contribution in [3.63, 3.8) is 0 Å². The number of methoxy groups -OCH3 is 1. The lowest BCUT2D eigenvalue weighted by Crippen LogP contribution is -2.55. The first-order chi connectivity index (χ1) is 13.0. The van der Waals surface area contributed by atoms with Crippen LogP contribution >= 0.6 is 0 Å². The van der Waals surface area contributed by atoms with Gasteiger partial charge in [0.2, 0.25) is 5.91 Å². The number of ether oxygens (including phenoxy) is 1. The predicted octanol–water partition coefficient (Wildman–Crippen LogP) is 1.98. The van der Waals surface area contributed by atoms with Gasteiger partial charge < -0.3 is 25.4 Å². The normalized spacial score (nSPS) is 24.6. The Morgan fingerprint density at radius 2 is 1.85 bits per heavy atom. The largest absolute Gasteiger partial charge is 0.497 e. The zero-order valence-corrected chi connectivity index (χ0v) is 15.1. The first-order valence-corrected chi connectivity index (χ1v) is 8.91. The van der Waals surface area contributed by atoms with Crippen LogP contribution in [0.2, 0.25) is 0 Å². The fraction of sp³-hybridized carbons (Fsp3) is 0.421. The first kappa shape index (κ1) is 18.8. The van der Waals surface area contributed by atoms with Gasteiger partial charge in [-0.05, 0) is 49.9 Å². The zero-order valence-electron chi connectivity index (χ0n) is 15.1. The second kappa shape index (κ2) is 8.11. The van der Waals surface area contributed by atoms with E-state index in [1.54, 1.807) is 31.4 Å². The third kappa shape index (κ3) is 4.21. The number of carboxylic acid groups (broad SMARTS) is 1. The number of benzene rings is 1. The maximum absolute atomic E-state index is 12.9. The maximum atomic E-state index is 12.9. The minimum atomic E-state index is -1.00. The second-order valence-electron chi connectivity index (χ2n) is 6.65. The van der Waals surface area contributed by atoms with Gasteiger partial charge in [0.1, 0.15) is 17.8 Å². The average Bonchev–Trinajstić information content (AvgIpc) is 3.06. The lowest BCUT2D eigenvalue weighted by atomic mass is 10.0. The van der Waals surface area contributed by atoms with Crippen LogP contribution in [0, 0.1) is 0 Å². The first-order valence-electron chi connectivity index (χ1n) is 8.91. The molecule has 0 aromatic heterocycles.